The van der Waals surface area contributed by atoms with Crippen LogP contribution in [0.4, 0.5) is 5.82 Å². The van der Waals surface area contributed by atoms with Gasteiger partial charge in [-0.3, -0.25) is 0 Å². The summed E-state index contributed by atoms with van der Waals surface area (Å²) >= 11 is 0. The Bertz CT molecular complexity index is 385. The molecular weight excluding hydrogens is 234 g/mol. The van der Waals surface area contributed by atoms with Gasteiger partial charge in [0.1, 0.15) is 5.82 Å². The number of aromatic nitrogens is 1. The van der Waals surface area contributed by atoms with Crippen LogP contribution in [-0.4, -0.2) is 24.6 Å². The van der Waals surface area contributed by atoms with Crippen LogP contribution in [0.5, 0.6) is 0 Å². The van der Waals surface area contributed by atoms with Gasteiger partial charge in [-0.1, -0.05) is 19.9 Å². The van der Waals surface area contributed by atoms with Gasteiger partial charge in [0.25, 0.3) is 0 Å². The molecule has 1 fully saturated rings. The number of nitrogens with one attached hydrogen (secondary N) is 1. The number of rotatable bonds is 8. The molecular formula is C16H27N3. The van der Waals surface area contributed by atoms with Crippen molar-refractivity contribution in [3.63, 3.8) is 0 Å². The third-order valence-electron chi connectivity index (χ3n) is 3.53. The fourth-order valence-corrected chi connectivity index (χ4v) is 2.23. The Morgan fingerprint density at radius 1 is 1.37 bits per heavy atom. The van der Waals surface area contributed by atoms with E-state index in [1.807, 2.05) is 0 Å². The summed E-state index contributed by atoms with van der Waals surface area (Å²) in [6, 6.07) is 6.38. The Hall–Kier alpha value is -1.09. The molecule has 0 unspecified atom stereocenters. The van der Waals surface area contributed by atoms with Gasteiger partial charge in [0.2, 0.25) is 0 Å². The van der Waals surface area contributed by atoms with E-state index >= 15 is 0 Å². The lowest BCUT2D eigenvalue weighted by atomic mass is 10.2. The quantitative estimate of drug-likeness (QED) is 0.779. The van der Waals surface area contributed by atoms with Crippen LogP contribution in [0.1, 0.15) is 39.3 Å². The summed E-state index contributed by atoms with van der Waals surface area (Å²) in [4.78, 5) is 7.19. The van der Waals surface area contributed by atoms with Crippen molar-refractivity contribution in [3.8, 4) is 0 Å². The second kappa shape index (κ2) is 6.90. The van der Waals surface area contributed by atoms with E-state index in [-0.39, 0.29) is 0 Å². The van der Waals surface area contributed by atoms with Crippen molar-refractivity contribution in [2.75, 3.05) is 24.5 Å². The van der Waals surface area contributed by atoms with E-state index in [1.54, 1.807) is 0 Å². The van der Waals surface area contributed by atoms with Gasteiger partial charge in [-0.15, -0.1) is 0 Å². The predicted octanol–water partition coefficient (Wildman–Crippen LogP) is 3.06. The first-order valence-electron chi connectivity index (χ1n) is 7.60. The number of hydrogen-bond acceptors (Lipinski definition) is 3. The molecule has 0 radical (unpaired) electrons. The standard InChI is InChI=1S/C16H27N3/c1-4-19(12-14-8-9-14)16-7-5-6-15(18-16)11-17-10-13(2)3/h5-7,13-14,17H,4,8-12H2,1-3H3. The fourth-order valence-electron chi connectivity index (χ4n) is 2.23. The Balaban J connectivity index is 1.92. The summed E-state index contributed by atoms with van der Waals surface area (Å²) in [6.07, 6.45) is 2.79. The topological polar surface area (TPSA) is 28.2 Å². The van der Waals surface area contributed by atoms with Crippen molar-refractivity contribution in [1.82, 2.24) is 10.3 Å². The van der Waals surface area contributed by atoms with E-state index in [0.717, 1.165) is 37.1 Å². The summed E-state index contributed by atoms with van der Waals surface area (Å²) in [6.45, 7) is 10.8. The molecule has 1 aliphatic carbocycles. The highest BCUT2D eigenvalue weighted by Crippen LogP contribution is 2.30. The van der Waals surface area contributed by atoms with Crippen LogP contribution < -0.4 is 10.2 Å². The van der Waals surface area contributed by atoms with Gasteiger partial charge < -0.3 is 10.2 Å². The zero-order chi connectivity index (χ0) is 13.7. The SMILES string of the molecule is CCN(CC1CC1)c1cccc(CNCC(C)C)n1. The molecule has 1 saturated carbocycles. The molecule has 3 nitrogen and oxygen atoms in total. The van der Waals surface area contributed by atoms with Crippen LogP contribution in [0.25, 0.3) is 0 Å². The van der Waals surface area contributed by atoms with Crippen molar-refractivity contribution in [1.29, 1.82) is 0 Å². The Morgan fingerprint density at radius 3 is 2.79 bits per heavy atom. The number of hydrogen-bond donors (Lipinski definition) is 1. The molecule has 0 amide bonds. The second-order valence-corrected chi connectivity index (χ2v) is 5.99. The molecule has 0 bridgehead atoms. The highest BCUT2D eigenvalue weighted by Gasteiger charge is 2.24. The van der Waals surface area contributed by atoms with Gasteiger partial charge >= 0.3 is 0 Å². The van der Waals surface area contributed by atoms with Gasteiger partial charge in [0, 0.05) is 19.6 Å². The summed E-state index contributed by atoms with van der Waals surface area (Å²) in [5.74, 6) is 2.73. The van der Waals surface area contributed by atoms with Gasteiger partial charge in [-0.05, 0) is 50.3 Å². The van der Waals surface area contributed by atoms with E-state index < -0.39 is 0 Å². The van der Waals surface area contributed by atoms with Crippen molar-refractivity contribution < 1.29 is 0 Å². The Kier molecular flexibility index (Phi) is 5.20. The molecule has 3 heteroatoms. The molecule has 0 saturated heterocycles. The summed E-state index contributed by atoms with van der Waals surface area (Å²) in [5.41, 5.74) is 1.15. The van der Waals surface area contributed by atoms with Gasteiger partial charge in [0.15, 0.2) is 0 Å². The summed E-state index contributed by atoms with van der Waals surface area (Å²) < 4.78 is 0. The second-order valence-electron chi connectivity index (χ2n) is 5.99. The molecule has 0 atom stereocenters. The molecule has 1 N–H and O–H groups in total. The first-order valence-corrected chi connectivity index (χ1v) is 7.60. The van der Waals surface area contributed by atoms with Crippen molar-refractivity contribution in [3.05, 3.63) is 23.9 Å². The molecule has 1 aromatic heterocycles. The molecule has 1 heterocycles. The average molecular weight is 261 g/mol. The first kappa shape index (κ1) is 14.3. The fraction of sp³-hybridized carbons (Fsp3) is 0.688. The van der Waals surface area contributed by atoms with Crippen molar-refractivity contribution >= 4 is 5.82 Å². The normalized spacial score (nSPS) is 14.9. The minimum atomic E-state index is 0.685. The van der Waals surface area contributed by atoms with Crippen molar-refractivity contribution in [2.24, 2.45) is 11.8 Å². The lowest BCUT2D eigenvalue weighted by Crippen LogP contribution is -2.27. The maximum atomic E-state index is 4.79. The molecule has 1 aromatic rings. The van der Waals surface area contributed by atoms with Gasteiger partial charge in [-0.25, -0.2) is 4.98 Å². The van der Waals surface area contributed by atoms with Gasteiger partial charge in [0.05, 0.1) is 5.69 Å². The highest BCUT2D eigenvalue weighted by atomic mass is 15.2. The summed E-state index contributed by atoms with van der Waals surface area (Å²) in [5, 5.41) is 3.46. The summed E-state index contributed by atoms with van der Waals surface area (Å²) in [7, 11) is 0. The maximum Gasteiger partial charge on any atom is 0.128 e. The van der Waals surface area contributed by atoms with E-state index in [2.05, 4.69) is 49.2 Å². The Morgan fingerprint density at radius 2 is 2.16 bits per heavy atom. The Labute approximate surface area is 117 Å². The zero-order valence-corrected chi connectivity index (χ0v) is 12.5. The van der Waals surface area contributed by atoms with E-state index in [1.165, 1.54) is 19.4 Å². The largest absolute Gasteiger partial charge is 0.357 e. The minimum Gasteiger partial charge on any atom is -0.357 e. The maximum absolute atomic E-state index is 4.79. The molecule has 2 rings (SSSR count). The molecule has 106 valence electrons. The predicted molar refractivity (Wildman–Crippen MR) is 81.4 cm³/mol. The zero-order valence-electron chi connectivity index (χ0n) is 12.5. The molecule has 1 aliphatic rings. The number of pyridine rings is 1. The average Bonchev–Trinajstić information content (AvgIpc) is 3.20. The van der Waals surface area contributed by atoms with Crippen LogP contribution in [0.3, 0.4) is 0 Å². The van der Waals surface area contributed by atoms with Crippen molar-refractivity contribution in [2.45, 2.75) is 40.2 Å². The lowest BCUT2D eigenvalue weighted by Gasteiger charge is -2.22. The monoisotopic (exact) mass is 261 g/mol. The molecule has 19 heavy (non-hydrogen) atoms. The van der Waals surface area contributed by atoms with Crippen LogP contribution >= 0.6 is 0 Å². The molecule has 0 aliphatic heterocycles. The number of nitrogens with zero attached hydrogens (tertiary/aromatic N) is 2. The van der Waals surface area contributed by atoms with E-state index in [0.29, 0.717) is 5.92 Å². The molecule has 0 spiro atoms. The highest BCUT2D eigenvalue weighted by molar-refractivity contribution is 5.39. The lowest BCUT2D eigenvalue weighted by molar-refractivity contribution is 0.548. The van der Waals surface area contributed by atoms with E-state index in [4.69, 9.17) is 4.98 Å². The third kappa shape index (κ3) is 4.83. The number of anilines is 1. The van der Waals surface area contributed by atoms with E-state index in [9.17, 15) is 0 Å². The van der Waals surface area contributed by atoms with Crippen LogP contribution in [0, 0.1) is 11.8 Å². The van der Waals surface area contributed by atoms with Crippen LogP contribution in [0.2, 0.25) is 0 Å². The van der Waals surface area contributed by atoms with Crippen LogP contribution in [-0.2, 0) is 6.54 Å². The minimum absolute atomic E-state index is 0.685. The smallest absolute Gasteiger partial charge is 0.128 e. The third-order valence-corrected chi connectivity index (χ3v) is 3.53. The van der Waals surface area contributed by atoms with Gasteiger partial charge in [-0.2, -0.15) is 0 Å². The first-order chi connectivity index (χ1) is 9.19. The van der Waals surface area contributed by atoms with Crippen LogP contribution in [0.15, 0.2) is 18.2 Å². The molecule has 0 aromatic carbocycles.